The first kappa shape index (κ1) is 18.1. The van der Waals surface area contributed by atoms with E-state index in [-0.39, 0.29) is 0 Å². The molecule has 0 N–H and O–H groups in total. The van der Waals surface area contributed by atoms with Crippen LogP contribution < -0.4 is 0 Å². The lowest BCUT2D eigenvalue weighted by molar-refractivity contribution is 0.950. The number of benzene rings is 1. The Bertz CT molecular complexity index is 1150. The average Bonchev–Trinajstić information content (AvgIpc) is 2.83. The van der Waals surface area contributed by atoms with E-state index in [4.69, 9.17) is 34.8 Å². The maximum atomic E-state index is 6.24. The van der Waals surface area contributed by atoms with Crippen LogP contribution in [-0.4, -0.2) is 0 Å². The largest absolute Gasteiger partial charge is 0.0925 e. The summed E-state index contributed by atoms with van der Waals surface area (Å²) in [7, 11) is 0. The van der Waals surface area contributed by atoms with E-state index in [0.717, 1.165) is 32.1 Å². The van der Waals surface area contributed by atoms with E-state index >= 15 is 0 Å². The van der Waals surface area contributed by atoms with E-state index < -0.39 is 0 Å². The summed E-state index contributed by atoms with van der Waals surface area (Å²) in [6, 6.07) is 4.03. The van der Waals surface area contributed by atoms with Gasteiger partial charge >= 0.3 is 0 Å². The predicted molar refractivity (Wildman–Crippen MR) is 119 cm³/mol. The Morgan fingerprint density at radius 3 is 1.79 bits per heavy atom. The first-order chi connectivity index (χ1) is 13.6. The minimum Gasteiger partial charge on any atom is -0.0925 e. The van der Waals surface area contributed by atoms with Crippen LogP contribution in [0.25, 0.3) is 0 Å². The molecule has 138 valence electrons. The van der Waals surface area contributed by atoms with E-state index in [1.807, 2.05) is 18.2 Å². The quantitative estimate of drug-likeness (QED) is 0.380. The van der Waals surface area contributed by atoms with Gasteiger partial charge in [0.2, 0.25) is 0 Å². The fraction of sp³-hybridized carbons (Fsp3) is 0.200. The molecule has 0 saturated heterocycles. The van der Waals surface area contributed by atoms with Crippen molar-refractivity contribution in [3.05, 3.63) is 102 Å². The number of halogens is 3. The maximum absolute atomic E-state index is 6.24. The molecule has 1 aromatic carbocycles. The smallest absolute Gasteiger partial charge is 0.0906 e. The molecule has 0 fully saturated rings. The number of hydrogen-bond donors (Lipinski definition) is 0. The molecule has 5 rings (SSSR count). The van der Waals surface area contributed by atoms with Crippen molar-refractivity contribution in [1.82, 2.24) is 0 Å². The van der Waals surface area contributed by atoms with Crippen LogP contribution in [0.4, 0.5) is 0 Å². The Hall–Kier alpha value is -1.91. The van der Waals surface area contributed by atoms with Gasteiger partial charge in [-0.2, -0.15) is 0 Å². The molecule has 0 aromatic heterocycles. The van der Waals surface area contributed by atoms with Gasteiger partial charge in [-0.3, -0.25) is 0 Å². The molecule has 1 aromatic rings. The summed E-state index contributed by atoms with van der Waals surface area (Å²) >= 11 is 18.7. The van der Waals surface area contributed by atoms with Gasteiger partial charge < -0.3 is 0 Å². The minimum atomic E-state index is 0.630. The van der Waals surface area contributed by atoms with E-state index in [2.05, 4.69) is 36.1 Å². The van der Waals surface area contributed by atoms with Gasteiger partial charge in [-0.1, -0.05) is 76.5 Å². The van der Waals surface area contributed by atoms with Gasteiger partial charge in [0.05, 0.1) is 15.1 Å². The second-order valence-electron chi connectivity index (χ2n) is 7.61. The summed E-state index contributed by atoms with van der Waals surface area (Å²) < 4.78 is 0. The Labute approximate surface area is 180 Å². The van der Waals surface area contributed by atoms with E-state index in [1.165, 1.54) is 44.6 Å². The molecule has 0 radical (unpaired) electrons. The highest BCUT2D eigenvalue weighted by Crippen LogP contribution is 2.39. The van der Waals surface area contributed by atoms with Crippen LogP contribution in [0.3, 0.4) is 0 Å². The second kappa shape index (κ2) is 7.16. The number of allylic oxidation sites excluding steroid dienone is 12. The molecule has 0 saturated carbocycles. The maximum Gasteiger partial charge on any atom is 0.0906 e. The van der Waals surface area contributed by atoms with Crippen LogP contribution >= 0.6 is 34.8 Å². The zero-order chi connectivity index (χ0) is 19.3. The molecule has 3 heteroatoms. The van der Waals surface area contributed by atoms with Crippen molar-refractivity contribution < 1.29 is 0 Å². The molecular formula is C25H17Cl3. The third-order valence-corrected chi connectivity index (χ3v) is 6.78. The molecule has 28 heavy (non-hydrogen) atoms. The zero-order valence-electron chi connectivity index (χ0n) is 15.2. The molecule has 0 heterocycles. The van der Waals surface area contributed by atoms with Gasteiger partial charge in [0.15, 0.2) is 0 Å². The van der Waals surface area contributed by atoms with E-state index in [1.54, 1.807) is 0 Å². The first-order valence-corrected chi connectivity index (χ1v) is 10.5. The highest BCUT2D eigenvalue weighted by molar-refractivity contribution is 6.42. The van der Waals surface area contributed by atoms with Gasteiger partial charge in [0, 0.05) is 6.42 Å². The molecule has 0 amide bonds. The standard InChI is InChI=1S/C25H17Cl3/c26-23-3-1-2-15-8-16-4-5-18-10-21-13-24(27)25(28)14-22(21)11-19(18)7-6-17(16)9-20(15)12-23/h4-7,12-14H,2,8-11H2/b5-4-,7-6-,16-4?,17-6?,18-5?,19-7?. The average molecular weight is 424 g/mol. The third-order valence-electron chi connectivity index (χ3n) is 5.85. The molecule has 0 atom stereocenters. The van der Waals surface area contributed by atoms with Crippen molar-refractivity contribution in [2.24, 2.45) is 0 Å². The monoisotopic (exact) mass is 422 g/mol. The minimum absolute atomic E-state index is 0.630. The van der Waals surface area contributed by atoms with Crippen LogP contribution in [-0.2, 0) is 12.8 Å². The first-order valence-electron chi connectivity index (χ1n) is 9.41. The van der Waals surface area contributed by atoms with Crippen LogP contribution in [0.15, 0.2) is 81.0 Å². The summed E-state index contributed by atoms with van der Waals surface area (Å²) in [4.78, 5) is 0. The lowest BCUT2D eigenvalue weighted by Crippen LogP contribution is -2.09. The summed E-state index contributed by atoms with van der Waals surface area (Å²) in [5.41, 5.74) is 10.7. The SMILES string of the molecule is ClC1=CC2=C(CC#C1)CC1=C(/C=C\C3=C(/C=C\1)Cc1cc(Cl)c(Cl)cc1C3)C2. The third kappa shape index (κ3) is 3.33. The van der Waals surface area contributed by atoms with Crippen LogP contribution in [0.5, 0.6) is 0 Å². The topological polar surface area (TPSA) is 0 Å². The summed E-state index contributed by atoms with van der Waals surface area (Å²) in [5.74, 6) is 6.20. The van der Waals surface area contributed by atoms with Gasteiger partial charge in [0.1, 0.15) is 0 Å². The fourth-order valence-corrected chi connectivity index (χ4v) is 4.89. The lowest BCUT2D eigenvalue weighted by atomic mass is 9.80. The van der Waals surface area contributed by atoms with E-state index in [0.29, 0.717) is 15.1 Å². The Kier molecular flexibility index (Phi) is 4.64. The molecule has 0 unspecified atom stereocenters. The zero-order valence-corrected chi connectivity index (χ0v) is 17.5. The van der Waals surface area contributed by atoms with Crippen LogP contribution in [0, 0.1) is 11.8 Å². The van der Waals surface area contributed by atoms with Crippen molar-refractivity contribution >= 4 is 34.8 Å². The molecule has 4 aliphatic carbocycles. The molecule has 0 nitrogen and oxygen atoms in total. The van der Waals surface area contributed by atoms with E-state index in [9.17, 15) is 0 Å². The molecule has 0 bridgehead atoms. The summed E-state index contributed by atoms with van der Waals surface area (Å²) in [6.45, 7) is 0. The van der Waals surface area contributed by atoms with Crippen molar-refractivity contribution in [2.45, 2.75) is 32.1 Å². The predicted octanol–water partition coefficient (Wildman–Crippen LogP) is 7.43. The van der Waals surface area contributed by atoms with Gasteiger partial charge in [-0.15, -0.1) is 0 Å². The molecule has 0 spiro atoms. The Morgan fingerprint density at radius 1 is 0.643 bits per heavy atom. The highest BCUT2D eigenvalue weighted by Gasteiger charge is 2.21. The number of hydrogen-bond acceptors (Lipinski definition) is 0. The normalized spacial score (nSPS) is 22.5. The van der Waals surface area contributed by atoms with Crippen molar-refractivity contribution in [3.63, 3.8) is 0 Å². The highest BCUT2D eigenvalue weighted by atomic mass is 35.5. The Morgan fingerprint density at radius 2 is 1.18 bits per heavy atom. The van der Waals surface area contributed by atoms with Crippen LogP contribution in [0.2, 0.25) is 10.0 Å². The van der Waals surface area contributed by atoms with Gasteiger partial charge in [0.25, 0.3) is 0 Å². The molecule has 0 aliphatic heterocycles. The molecular weight excluding hydrogens is 407 g/mol. The fourth-order valence-electron chi connectivity index (χ4n) is 4.32. The van der Waals surface area contributed by atoms with Crippen molar-refractivity contribution in [3.8, 4) is 11.8 Å². The molecule has 4 aliphatic rings. The number of fused-ring (bicyclic) bond motifs is 1. The van der Waals surface area contributed by atoms with Crippen molar-refractivity contribution in [1.29, 1.82) is 0 Å². The lowest BCUT2D eigenvalue weighted by Gasteiger charge is -2.25. The second-order valence-corrected chi connectivity index (χ2v) is 8.83. The van der Waals surface area contributed by atoms with Gasteiger partial charge in [-0.05, 0) is 82.9 Å². The van der Waals surface area contributed by atoms with Gasteiger partial charge in [-0.25, -0.2) is 0 Å². The van der Waals surface area contributed by atoms with Crippen molar-refractivity contribution in [2.75, 3.05) is 0 Å². The Balaban J connectivity index is 1.47. The summed E-state index contributed by atoms with van der Waals surface area (Å²) in [5, 5.41) is 1.91. The summed E-state index contributed by atoms with van der Waals surface area (Å²) in [6.07, 6.45) is 15.6. The van der Waals surface area contributed by atoms with Crippen LogP contribution in [0.1, 0.15) is 30.4 Å². The number of rotatable bonds is 0.